The van der Waals surface area contributed by atoms with Crippen LogP contribution < -0.4 is 4.74 Å². The number of aliphatic carboxylic acids is 1. The van der Waals surface area contributed by atoms with Crippen molar-refractivity contribution in [2.45, 2.75) is 6.61 Å². The molecule has 0 bridgehead atoms. The molecule has 0 spiro atoms. The van der Waals surface area contributed by atoms with Crippen molar-refractivity contribution < 1.29 is 14.6 Å². The molecule has 0 aliphatic carbocycles. The Bertz CT molecular complexity index is 683. The number of carboxylic acid groups (broad SMARTS) is 1. The summed E-state index contributed by atoms with van der Waals surface area (Å²) < 4.78 is 6.46. The van der Waals surface area contributed by atoms with E-state index >= 15 is 0 Å². The van der Waals surface area contributed by atoms with E-state index in [1.165, 1.54) is 6.08 Å². The van der Waals surface area contributed by atoms with Crippen molar-refractivity contribution in [1.82, 2.24) is 0 Å². The lowest BCUT2D eigenvalue weighted by Gasteiger charge is -2.10. The van der Waals surface area contributed by atoms with Gasteiger partial charge in [0.1, 0.15) is 12.4 Å². The van der Waals surface area contributed by atoms with E-state index in [4.69, 9.17) is 21.4 Å². The highest BCUT2D eigenvalue weighted by molar-refractivity contribution is 9.10. The Morgan fingerprint density at radius 2 is 2.05 bits per heavy atom. The van der Waals surface area contributed by atoms with Crippen LogP contribution in [-0.4, -0.2) is 11.1 Å². The second-order valence-corrected chi connectivity index (χ2v) is 5.50. The van der Waals surface area contributed by atoms with Gasteiger partial charge in [-0.1, -0.05) is 35.9 Å². The summed E-state index contributed by atoms with van der Waals surface area (Å²) in [5.74, 6) is -0.312. The minimum absolute atomic E-state index is 0.364. The minimum atomic E-state index is -0.981. The predicted octanol–water partition coefficient (Wildman–Crippen LogP) is 4.78. The Hall–Kier alpha value is -1.78. The Morgan fingerprint density at radius 1 is 1.29 bits per heavy atom. The lowest BCUT2D eigenvalue weighted by molar-refractivity contribution is -0.131. The fraction of sp³-hybridized carbons (Fsp3) is 0.0625. The maximum Gasteiger partial charge on any atom is 0.328 e. The molecule has 2 aromatic rings. The van der Waals surface area contributed by atoms with Gasteiger partial charge in [0.05, 0.1) is 4.47 Å². The van der Waals surface area contributed by atoms with Crippen LogP contribution in [0.25, 0.3) is 6.08 Å². The van der Waals surface area contributed by atoms with Crippen molar-refractivity contribution in [2.75, 3.05) is 0 Å². The van der Waals surface area contributed by atoms with Gasteiger partial charge in [0, 0.05) is 16.7 Å². The summed E-state index contributed by atoms with van der Waals surface area (Å²) in [5, 5.41) is 9.26. The van der Waals surface area contributed by atoms with E-state index in [9.17, 15) is 4.79 Å². The molecule has 0 saturated carbocycles. The fourth-order valence-electron chi connectivity index (χ4n) is 1.68. The van der Waals surface area contributed by atoms with Gasteiger partial charge in [-0.3, -0.25) is 0 Å². The molecular weight excluding hydrogens is 356 g/mol. The van der Waals surface area contributed by atoms with E-state index in [0.29, 0.717) is 17.4 Å². The summed E-state index contributed by atoms with van der Waals surface area (Å²) in [6.07, 6.45) is 2.61. The molecule has 1 N–H and O–H groups in total. The van der Waals surface area contributed by atoms with Crippen LogP contribution in [0, 0.1) is 0 Å². The van der Waals surface area contributed by atoms with E-state index in [-0.39, 0.29) is 0 Å². The van der Waals surface area contributed by atoms with E-state index in [1.54, 1.807) is 18.2 Å². The molecule has 2 rings (SSSR count). The number of halogens is 2. The number of hydrogen-bond donors (Lipinski definition) is 1. The molecule has 0 fully saturated rings. The summed E-state index contributed by atoms with van der Waals surface area (Å²) in [6, 6.07) is 12.8. The molecule has 0 saturated heterocycles. The van der Waals surface area contributed by atoms with E-state index in [2.05, 4.69) is 15.9 Å². The van der Waals surface area contributed by atoms with Gasteiger partial charge in [-0.05, 0) is 45.8 Å². The number of carboxylic acids is 1. The van der Waals surface area contributed by atoms with Crippen LogP contribution >= 0.6 is 27.5 Å². The number of benzene rings is 2. The monoisotopic (exact) mass is 366 g/mol. The number of ether oxygens (including phenoxy) is 1. The van der Waals surface area contributed by atoms with Crippen LogP contribution in [0.1, 0.15) is 11.1 Å². The predicted molar refractivity (Wildman–Crippen MR) is 86.6 cm³/mol. The van der Waals surface area contributed by atoms with Crippen LogP contribution in [0.15, 0.2) is 53.0 Å². The quantitative estimate of drug-likeness (QED) is 0.774. The third-order valence-corrected chi connectivity index (χ3v) is 3.70. The summed E-state index contributed by atoms with van der Waals surface area (Å²) in [6.45, 7) is 0.364. The van der Waals surface area contributed by atoms with Crippen LogP contribution in [0.4, 0.5) is 0 Å². The van der Waals surface area contributed by atoms with E-state index < -0.39 is 5.97 Å². The first-order chi connectivity index (χ1) is 10.1. The number of carbonyl (C=O) groups is 1. The van der Waals surface area contributed by atoms with E-state index in [1.807, 2.05) is 24.3 Å². The largest absolute Gasteiger partial charge is 0.488 e. The Labute approximate surface area is 135 Å². The van der Waals surface area contributed by atoms with Crippen molar-refractivity contribution in [2.24, 2.45) is 0 Å². The summed E-state index contributed by atoms with van der Waals surface area (Å²) in [7, 11) is 0. The Kier molecular flexibility index (Phi) is 5.42. The molecule has 0 amide bonds. The molecule has 108 valence electrons. The first kappa shape index (κ1) is 15.6. The number of hydrogen-bond acceptors (Lipinski definition) is 2. The molecule has 0 aliphatic heterocycles. The highest BCUT2D eigenvalue weighted by Crippen LogP contribution is 2.28. The van der Waals surface area contributed by atoms with Gasteiger partial charge in [0.25, 0.3) is 0 Å². The zero-order valence-corrected chi connectivity index (χ0v) is 13.3. The third kappa shape index (κ3) is 4.62. The molecule has 2 aromatic carbocycles. The van der Waals surface area contributed by atoms with Crippen LogP contribution in [0.2, 0.25) is 5.02 Å². The van der Waals surface area contributed by atoms with Crippen molar-refractivity contribution in [3.05, 3.63) is 69.2 Å². The fourth-order valence-corrected chi connectivity index (χ4v) is 2.38. The second-order valence-electron chi connectivity index (χ2n) is 4.24. The zero-order chi connectivity index (χ0) is 15.2. The molecule has 0 unspecified atom stereocenters. The van der Waals surface area contributed by atoms with Gasteiger partial charge in [-0.2, -0.15) is 0 Å². The van der Waals surface area contributed by atoms with Gasteiger partial charge in [0.2, 0.25) is 0 Å². The summed E-state index contributed by atoms with van der Waals surface area (Å²) in [4.78, 5) is 10.5. The minimum Gasteiger partial charge on any atom is -0.488 e. The maximum absolute atomic E-state index is 10.5. The van der Waals surface area contributed by atoms with Gasteiger partial charge >= 0.3 is 5.97 Å². The molecule has 0 aromatic heterocycles. The SMILES string of the molecule is O=C(O)/C=C/c1ccc(OCc2ccccc2Cl)c(Br)c1. The summed E-state index contributed by atoms with van der Waals surface area (Å²) in [5.41, 5.74) is 1.68. The lowest BCUT2D eigenvalue weighted by atomic mass is 10.2. The molecule has 21 heavy (non-hydrogen) atoms. The highest BCUT2D eigenvalue weighted by atomic mass is 79.9. The summed E-state index contributed by atoms with van der Waals surface area (Å²) >= 11 is 9.48. The van der Waals surface area contributed by atoms with Crippen LogP contribution in [-0.2, 0) is 11.4 Å². The van der Waals surface area contributed by atoms with Gasteiger partial charge in [-0.25, -0.2) is 4.79 Å². The molecular formula is C16H12BrClO3. The smallest absolute Gasteiger partial charge is 0.328 e. The first-order valence-corrected chi connectivity index (χ1v) is 7.30. The first-order valence-electron chi connectivity index (χ1n) is 6.13. The van der Waals surface area contributed by atoms with E-state index in [0.717, 1.165) is 21.7 Å². The zero-order valence-electron chi connectivity index (χ0n) is 10.9. The van der Waals surface area contributed by atoms with Crippen molar-refractivity contribution in [1.29, 1.82) is 0 Å². The average Bonchev–Trinajstić information content (AvgIpc) is 2.45. The standard InChI is InChI=1S/C16H12BrClO3/c17-13-9-11(6-8-16(19)20)5-7-15(13)21-10-12-3-1-2-4-14(12)18/h1-9H,10H2,(H,19,20)/b8-6+. The highest BCUT2D eigenvalue weighted by Gasteiger charge is 2.04. The van der Waals surface area contributed by atoms with Gasteiger partial charge in [0.15, 0.2) is 0 Å². The van der Waals surface area contributed by atoms with Crippen LogP contribution in [0.3, 0.4) is 0 Å². The molecule has 0 atom stereocenters. The normalized spacial score (nSPS) is 10.8. The topological polar surface area (TPSA) is 46.5 Å². The van der Waals surface area contributed by atoms with Crippen LogP contribution in [0.5, 0.6) is 5.75 Å². The lowest BCUT2D eigenvalue weighted by Crippen LogP contribution is -1.97. The van der Waals surface area contributed by atoms with Gasteiger partial charge < -0.3 is 9.84 Å². The Morgan fingerprint density at radius 3 is 2.71 bits per heavy atom. The van der Waals surface area contributed by atoms with Crippen molar-refractivity contribution >= 4 is 39.6 Å². The molecule has 0 heterocycles. The second kappa shape index (κ2) is 7.29. The average molecular weight is 368 g/mol. The number of rotatable bonds is 5. The van der Waals surface area contributed by atoms with Gasteiger partial charge in [-0.15, -0.1) is 0 Å². The van der Waals surface area contributed by atoms with Crippen molar-refractivity contribution in [3.8, 4) is 5.75 Å². The third-order valence-electron chi connectivity index (χ3n) is 2.72. The molecule has 3 nitrogen and oxygen atoms in total. The Balaban J connectivity index is 2.08. The molecule has 0 radical (unpaired) electrons. The van der Waals surface area contributed by atoms with Crippen molar-refractivity contribution in [3.63, 3.8) is 0 Å². The maximum atomic E-state index is 10.5. The molecule has 0 aliphatic rings. The molecule has 5 heteroatoms.